The van der Waals surface area contributed by atoms with Crippen LogP contribution in [-0.2, 0) is 4.74 Å². The van der Waals surface area contributed by atoms with Crippen LogP contribution < -0.4 is 4.74 Å². The van der Waals surface area contributed by atoms with Gasteiger partial charge in [0.1, 0.15) is 11.5 Å². The number of hydrogen-bond acceptors (Lipinski definition) is 4. The van der Waals surface area contributed by atoms with E-state index in [0.29, 0.717) is 17.1 Å². The Bertz CT molecular complexity index is 1120. The van der Waals surface area contributed by atoms with Crippen LogP contribution in [0, 0.1) is 0 Å². The van der Waals surface area contributed by atoms with Crippen molar-refractivity contribution in [3.63, 3.8) is 0 Å². The fourth-order valence-electron chi connectivity index (χ4n) is 2.87. The average Bonchev–Trinajstić information content (AvgIpc) is 3.21. The Morgan fingerprint density at radius 1 is 0.897 bits per heavy atom. The maximum atomic E-state index is 12.2. The first-order valence-electron chi connectivity index (χ1n) is 8.92. The molecule has 1 aromatic heterocycles. The zero-order valence-corrected chi connectivity index (χ0v) is 17.2. The molecule has 6 heteroatoms. The minimum atomic E-state index is -0.442. The molecule has 0 amide bonds. The van der Waals surface area contributed by atoms with Gasteiger partial charge < -0.3 is 9.47 Å². The average molecular weight is 449 g/mol. The van der Waals surface area contributed by atoms with Crippen LogP contribution >= 0.6 is 15.9 Å². The number of para-hydroxylation sites is 1. The van der Waals surface area contributed by atoms with Gasteiger partial charge in [-0.2, -0.15) is 5.10 Å². The summed E-state index contributed by atoms with van der Waals surface area (Å²) in [5.74, 6) is 1.02. The van der Waals surface area contributed by atoms with Crippen LogP contribution in [0.5, 0.6) is 11.5 Å². The zero-order valence-electron chi connectivity index (χ0n) is 15.6. The van der Waals surface area contributed by atoms with Crippen LogP contribution in [0.2, 0.25) is 0 Å². The molecule has 3 aromatic carbocycles. The second kappa shape index (κ2) is 8.32. The summed E-state index contributed by atoms with van der Waals surface area (Å²) in [5, 5.41) is 4.61. The van der Waals surface area contributed by atoms with Crippen LogP contribution in [0.15, 0.2) is 89.4 Å². The number of hydrogen-bond donors (Lipinski definition) is 0. The van der Waals surface area contributed by atoms with Crippen LogP contribution in [-0.4, -0.2) is 22.9 Å². The highest BCUT2D eigenvalue weighted by Crippen LogP contribution is 2.27. The number of carbonyl (C=O) groups is 1. The molecular weight excluding hydrogens is 432 g/mol. The normalized spacial score (nSPS) is 10.6. The highest BCUT2D eigenvalue weighted by atomic mass is 79.9. The first kappa shape index (κ1) is 19.0. The Balaban J connectivity index is 1.63. The fraction of sp³-hybridized carbons (Fsp3) is 0.0435. The van der Waals surface area contributed by atoms with Crippen LogP contribution in [0.1, 0.15) is 10.5 Å². The summed E-state index contributed by atoms with van der Waals surface area (Å²) >= 11 is 3.41. The number of benzene rings is 3. The van der Waals surface area contributed by atoms with Crippen molar-refractivity contribution in [2.45, 2.75) is 0 Å². The highest BCUT2D eigenvalue weighted by molar-refractivity contribution is 9.10. The lowest BCUT2D eigenvalue weighted by atomic mass is 10.1. The first-order chi connectivity index (χ1) is 14.1. The maximum Gasteiger partial charge on any atom is 0.356 e. The lowest BCUT2D eigenvalue weighted by Crippen LogP contribution is -2.09. The molecule has 4 aromatic rings. The van der Waals surface area contributed by atoms with E-state index in [2.05, 4.69) is 21.0 Å². The summed E-state index contributed by atoms with van der Waals surface area (Å²) in [6.45, 7) is 0. The van der Waals surface area contributed by atoms with Crippen molar-refractivity contribution in [2.24, 2.45) is 0 Å². The second-order valence-corrected chi connectivity index (χ2v) is 7.15. The van der Waals surface area contributed by atoms with E-state index in [-0.39, 0.29) is 0 Å². The van der Waals surface area contributed by atoms with Crippen LogP contribution in [0.25, 0.3) is 16.9 Å². The Morgan fingerprint density at radius 3 is 2.14 bits per heavy atom. The molecule has 1 heterocycles. The number of halogens is 1. The van der Waals surface area contributed by atoms with Crippen LogP contribution in [0.3, 0.4) is 0 Å². The number of carbonyl (C=O) groups excluding carboxylic acids is 1. The molecule has 0 aliphatic rings. The van der Waals surface area contributed by atoms with E-state index in [4.69, 9.17) is 9.47 Å². The molecule has 29 heavy (non-hydrogen) atoms. The van der Waals surface area contributed by atoms with Gasteiger partial charge in [0.25, 0.3) is 0 Å². The largest absolute Gasteiger partial charge is 0.464 e. The molecule has 0 saturated carbocycles. The molecular formula is C23H17BrN2O3. The molecule has 0 fully saturated rings. The van der Waals surface area contributed by atoms with Crippen molar-refractivity contribution in [3.8, 4) is 28.4 Å². The molecule has 0 aliphatic heterocycles. The molecule has 0 unspecified atom stereocenters. The van der Waals surface area contributed by atoms with Gasteiger partial charge in [-0.15, -0.1) is 0 Å². The molecule has 0 radical (unpaired) electrons. The van der Waals surface area contributed by atoms with Crippen molar-refractivity contribution >= 4 is 21.9 Å². The molecule has 0 N–H and O–H groups in total. The minimum absolute atomic E-state index is 0.365. The topological polar surface area (TPSA) is 53.4 Å². The lowest BCUT2D eigenvalue weighted by molar-refractivity contribution is 0.0590. The molecule has 0 spiro atoms. The SMILES string of the molecule is COC(=O)c1cc(-c2ccc(Oc3ccc(Br)cc3)cc2)nn1-c1ccccc1. The molecule has 0 aliphatic carbocycles. The third kappa shape index (κ3) is 4.22. The lowest BCUT2D eigenvalue weighted by Gasteiger charge is -2.06. The Hall–Kier alpha value is -3.38. The van der Waals surface area contributed by atoms with E-state index in [9.17, 15) is 4.79 Å². The summed E-state index contributed by atoms with van der Waals surface area (Å²) in [5.41, 5.74) is 2.69. The first-order valence-corrected chi connectivity index (χ1v) is 9.71. The minimum Gasteiger partial charge on any atom is -0.464 e. The molecule has 4 rings (SSSR count). The summed E-state index contributed by atoms with van der Waals surface area (Å²) in [7, 11) is 1.36. The number of methoxy groups -OCH3 is 1. The number of ether oxygens (including phenoxy) is 2. The molecule has 144 valence electrons. The summed E-state index contributed by atoms with van der Waals surface area (Å²) in [6, 6.07) is 26.4. The van der Waals surface area contributed by atoms with Crippen molar-refractivity contribution in [3.05, 3.63) is 95.1 Å². The molecule has 5 nitrogen and oxygen atoms in total. The van der Waals surface area contributed by atoms with Crippen molar-refractivity contribution in [1.29, 1.82) is 0 Å². The van der Waals surface area contributed by atoms with Crippen molar-refractivity contribution in [1.82, 2.24) is 9.78 Å². The van der Waals surface area contributed by atoms with E-state index in [0.717, 1.165) is 21.5 Å². The van der Waals surface area contributed by atoms with E-state index in [1.807, 2.05) is 78.9 Å². The zero-order chi connectivity index (χ0) is 20.2. The Kier molecular flexibility index (Phi) is 5.44. The van der Waals surface area contributed by atoms with Gasteiger partial charge in [0.15, 0.2) is 5.69 Å². The number of esters is 1. The molecule has 0 atom stereocenters. The highest BCUT2D eigenvalue weighted by Gasteiger charge is 2.18. The number of aromatic nitrogens is 2. The third-order valence-electron chi connectivity index (χ3n) is 4.30. The quantitative estimate of drug-likeness (QED) is 0.357. The Labute approximate surface area is 176 Å². The third-order valence-corrected chi connectivity index (χ3v) is 4.83. The van der Waals surface area contributed by atoms with Gasteiger partial charge in [-0.25, -0.2) is 9.48 Å². The molecule has 0 bridgehead atoms. The standard InChI is InChI=1S/C23H17BrN2O3/c1-28-23(27)22-15-21(25-26(22)18-5-3-2-4-6-18)16-7-11-19(12-8-16)29-20-13-9-17(24)10-14-20/h2-15H,1H3. The van der Waals surface area contributed by atoms with Crippen molar-refractivity contribution in [2.75, 3.05) is 7.11 Å². The van der Waals surface area contributed by atoms with Gasteiger partial charge in [-0.3, -0.25) is 0 Å². The number of nitrogens with zero attached hydrogens (tertiary/aromatic N) is 2. The van der Waals surface area contributed by atoms with Gasteiger partial charge in [-0.05, 0) is 66.7 Å². The van der Waals surface area contributed by atoms with Gasteiger partial charge in [0, 0.05) is 10.0 Å². The Morgan fingerprint density at radius 2 is 1.52 bits per heavy atom. The monoisotopic (exact) mass is 448 g/mol. The smallest absolute Gasteiger partial charge is 0.356 e. The van der Waals surface area contributed by atoms with E-state index < -0.39 is 5.97 Å². The van der Waals surface area contributed by atoms with E-state index in [1.54, 1.807) is 10.7 Å². The molecule has 0 saturated heterocycles. The van der Waals surface area contributed by atoms with Gasteiger partial charge in [0.05, 0.1) is 18.5 Å². The van der Waals surface area contributed by atoms with E-state index >= 15 is 0 Å². The van der Waals surface area contributed by atoms with E-state index in [1.165, 1.54) is 7.11 Å². The number of rotatable bonds is 5. The van der Waals surface area contributed by atoms with Crippen LogP contribution in [0.4, 0.5) is 0 Å². The maximum absolute atomic E-state index is 12.2. The van der Waals surface area contributed by atoms with Crippen molar-refractivity contribution < 1.29 is 14.3 Å². The summed E-state index contributed by atoms with van der Waals surface area (Å²) in [6.07, 6.45) is 0. The summed E-state index contributed by atoms with van der Waals surface area (Å²) < 4.78 is 13.4. The predicted molar refractivity (Wildman–Crippen MR) is 115 cm³/mol. The van der Waals surface area contributed by atoms with Gasteiger partial charge in [-0.1, -0.05) is 34.1 Å². The van der Waals surface area contributed by atoms with Gasteiger partial charge in [0.2, 0.25) is 0 Å². The summed E-state index contributed by atoms with van der Waals surface area (Å²) in [4.78, 5) is 12.2. The second-order valence-electron chi connectivity index (χ2n) is 6.23. The fourth-order valence-corrected chi connectivity index (χ4v) is 3.13. The predicted octanol–water partition coefficient (Wildman–Crippen LogP) is 5.88. The van der Waals surface area contributed by atoms with Gasteiger partial charge >= 0.3 is 5.97 Å².